The van der Waals surface area contributed by atoms with E-state index in [4.69, 9.17) is 90.0 Å². The highest BCUT2D eigenvalue weighted by Gasteiger charge is 2.65. The Bertz CT molecular complexity index is 3680. The van der Waals surface area contributed by atoms with Crippen LogP contribution in [0.5, 0.6) is 0 Å². The number of amides is 5. The lowest BCUT2D eigenvalue weighted by atomic mass is 9.88. The van der Waals surface area contributed by atoms with Crippen molar-refractivity contribution in [1.82, 2.24) is 26.6 Å². The van der Waals surface area contributed by atoms with Crippen LogP contribution in [0.15, 0.2) is 0 Å². The molecule has 51 atom stereocenters. The number of carboxylic acid groups (broad SMARTS) is 1. The summed E-state index contributed by atoms with van der Waals surface area (Å²) in [5.41, 5.74) is 0. The highest BCUT2D eigenvalue weighted by atomic mass is 16.8. The molecule has 5 amide bonds. The van der Waals surface area contributed by atoms with Crippen molar-refractivity contribution in [1.29, 1.82) is 0 Å². The summed E-state index contributed by atoms with van der Waals surface area (Å²) in [6, 6.07) is -9.78. The van der Waals surface area contributed by atoms with Crippen molar-refractivity contribution >= 4 is 35.5 Å². The normalized spacial score (nSPS) is 47.2. The molecule has 0 aliphatic carbocycles. The average Bonchev–Trinajstić information content (AvgIpc) is 0.781. The Morgan fingerprint density at radius 1 is 0.311 bits per heavy atom. The van der Waals surface area contributed by atoms with E-state index >= 15 is 0 Å². The second-order valence-electron chi connectivity index (χ2n) is 33.1. The van der Waals surface area contributed by atoms with Crippen molar-refractivity contribution in [2.24, 2.45) is 0 Å². The smallest absolute Gasteiger partial charge is 0.364 e. The molecule has 0 aromatic rings. The molecule has 762 valence electrons. The maximum atomic E-state index is 13.6. The van der Waals surface area contributed by atoms with Crippen LogP contribution in [-0.4, -0.2) is 562 Å². The minimum absolute atomic E-state index is 0.815. The van der Waals surface area contributed by atoms with Crippen LogP contribution >= 0.6 is 0 Å². The Labute approximate surface area is 746 Å². The highest BCUT2D eigenvalue weighted by Crippen LogP contribution is 2.43. The number of hydrogen-bond donors (Lipinski definition) is 34. The Hall–Kier alpha value is -5.06. The van der Waals surface area contributed by atoms with Gasteiger partial charge in [-0.2, -0.15) is 0 Å². The molecule has 0 bridgehead atoms. The van der Waals surface area contributed by atoms with Gasteiger partial charge in [0.2, 0.25) is 29.5 Å². The first-order chi connectivity index (χ1) is 62.3. The molecule has 10 rings (SSSR count). The van der Waals surface area contributed by atoms with Crippen LogP contribution in [0.4, 0.5) is 0 Å². The highest BCUT2D eigenvalue weighted by molar-refractivity contribution is 5.77. The van der Waals surface area contributed by atoms with Crippen LogP contribution in [0.2, 0.25) is 0 Å². The number of aliphatic hydroxyl groups excluding tert-OH is 28. The molecule has 10 aliphatic rings. The van der Waals surface area contributed by atoms with Gasteiger partial charge in [0.05, 0.1) is 78.2 Å². The topological polar surface area (TPSA) is 925 Å². The minimum Gasteiger partial charge on any atom is -0.477 e. The predicted molar refractivity (Wildman–Crippen MR) is 405 cm³/mol. The van der Waals surface area contributed by atoms with Gasteiger partial charge in [-0.3, -0.25) is 24.0 Å². The summed E-state index contributed by atoms with van der Waals surface area (Å²) in [7, 11) is 0. The van der Waals surface area contributed by atoms with Gasteiger partial charge in [0.25, 0.3) is 5.79 Å². The Morgan fingerprint density at radius 2 is 0.629 bits per heavy atom. The van der Waals surface area contributed by atoms with Crippen LogP contribution in [0, 0.1) is 0 Å². The molecular weight excluding hydrogens is 1810 g/mol. The molecule has 59 heteroatoms. The van der Waals surface area contributed by atoms with Gasteiger partial charge >= 0.3 is 5.97 Å². The molecule has 34 N–H and O–H groups in total. The van der Waals surface area contributed by atoms with E-state index in [-0.39, 0.29) is 0 Å². The van der Waals surface area contributed by atoms with E-state index < -0.39 is 420 Å². The predicted octanol–water partition coefficient (Wildman–Crippen LogP) is -22.9. The van der Waals surface area contributed by atoms with Crippen molar-refractivity contribution in [2.75, 3.05) is 66.1 Å². The van der Waals surface area contributed by atoms with Gasteiger partial charge in [-0.05, 0) is 0 Å². The van der Waals surface area contributed by atoms with Gasteiger partial charge < -0.3 is 265 Å². The molecule has 0 saturated carbocycles. The van der Waals surface area contributed by atoms with Gasteiger partial charge in [0, 0.05) is 41.0 Å². The summed E-state index contributed by atoms with van der Waals surface area (Å²) < 4.78 is 114. The third kappa shape index (κ3) is 24.0. The van der Waals surface area contributed by atoms with Crippen LogP contribution in [0.25, 0.3) is 0 Å². The van der Waals surface area contributed by atoms with E-state index in [1.807, 2.05) is 0 Å². The monoisotopic (exact) mass is 1930 g/mol. The van der Waals surface area contributed by atoms with E-state index in [0.29, 0.717) is 0 Å². The molecular formula is C73H121N5O54. The zero-order valence-corrected chi connectivity index (χ0v) is 70.8. The fraction of sp³-hybridized carbons (Fsp3) is 0.918. The molecule has 59 nitrogen and oxygen atoms in total. The number of ether oxygens (including phenoxy) is 19. The summed E-state index contributed by atoms with van der Waals surface area (Å²) in [5.74, 6) is -10.4. The fourth-order valence-corrected chi connectivity index (χ4v) is 17.1. The molecule has 0 spiro atoms. The number of nitrogens with one attached hydrogen (secondary N) is 5. The summed E-state index contributed by atoms with van der Waals surface area (Å²) in [5, 5.41) is 338. The summed E-state index contributed by atoms with van der Waals surface area (Å²) >= 11 is 0. The van der Waals surface area contributed by atoms with Gasteiger partial charge in [0.1, 0.15) is 238 Å². The molecule has 10 fully saturated rings. The molecule has 0 radical (unpaired) electrons. The zero-order valence-electron chi connectivity index (χ0n) is 70.8. The number of carboxylic acids is 1. The van der Waals surface area contributed by atoms with Crippen molar-refractivity contribution < 1.29 is 267 Å². The first-order valence-corrected chi connectivity index (χ1v) is 41.8. The number of aliphatic carboxylic acids is 1. The van der Waals surface area contributed by atoms with Crippen molar-refractivity contribution in [3.63, 3.8) is 0 Å². The Balaban J connectivity index is 1.04. The number of rotatable bonds is 36. The lowest BCUT2D eigenvalue weighted by molar-refractivity contribution is -0.407. The second-order valence-corrected chi connectivity index (χ2v) is 33.1. The van der Waals surface area contributed by atoms with Gasteiger partial charge in [-0.15, -0.1) is 0 Å². The van der Waals surface area contributed by atoms with E-state index in [9.17, 15) is 177 Å². The van der Waals surface area contributed by atoms with E-state index in [1.165, 1.54) is 0 Å². The molecule has 0 unspecified atom stereocenters. The van der Waals surface area contributed by atoms with Crippen molar-refractivity contribution in [2.45, 2.75) is 353 Å². The third-order valence-electron chi connectivity index (χ3n) is 23.8. The summed E-state index contributed by atoms with van der Waals surface area (Å²) in [6.07, 6.45) is -102. The van der Waals surface area contributed by atoms with Gasteiger partial charge in [0.15, 0.2) is 56.6 Å². The van der Waals surface area contributed by atoms with Crippen LogP contribution < -0.4 is 26.6 Å². The lowest BCUT2D eigenvalue weighted by Gasteiger charge is -2.52. The van der Waals surface area contributed by atoms with Crippen molar-refractivity contribution in [3.05, 3.63) is 0 Å². The maximum absolute atomic E-state index is 13.6. The van der Waals surface area contributed by atoms with E-state index in [2.05, 4.69) is 26.6 Å². The van der Waals surface area contributed by atoms with Crippen molar-refractivity contribution in [3.8, 4) is 0 Å². The molecule has 0 aromatic heterocycles. The number of carbonyl (C=O) groups is 6. The maximum Gasteiger partial charge on any atom is 0.364 e. The zero-order chi connectivity index (χ0) is 97.6. The summed E-state index contributed by atoms with van der Waals surface area (Å²) in [4.78, 5) is 77.9. The number of hydrogen-bond acceptors (Lipinski definition) is 53. The second kappa shape index (κ2) is 47.3. The SMILES string of the molecule is CC(=O)N[C@@H]1[C@@H](O)[C@H](O[C@@H]2O[C@H](CO)[C@@H](O[C@@H]3O[C@H](CO[C@H]4O[C@H](CO)[C@@H](O)[C@H](O)[C@@H]4O)[C@@H](O)[C@H](O[C@H]4O[C@H](CO)[C@@H](O[C@@H]5O[C@H](CO)[C@@H](O)[C@H](O[C@@H]6O[C@H](CO)[C@H](O)[C@H](O)[C@H]6O)[C@H]5NC(C)=O)[C@H](O)[C@@H]4O[C@@H]4O[C@H](CO)[C@@H](O[C@@H]5O[C@H](CO)[C@H](O)[C@H](O[C@]6(C(=O)O)C[C@H](O)[C@@H](NC(C)=O)[C@H]([C@H](O)[C@H](O)CO)O6)[C@H]5O)[C@H](O)[C@H]4NC(C)=O)[C@@H]3O)[C@H](O)[C@H]2NC(C)=O)[C@@H](CO)O[C@H]1O. The van der Waals surface area contributed by atoms with Gasteiger partial charge in [-0.1, -0.05) is 0 Å². The first-order valence-electron chi connectivity index (χ1n) is 41.8. The Kier molecular flexibility index (Phi) is 39.0. The molecule has 132 heavy (non-hydrogen) atoms. The fourth-order valence-electron chi connectivity index (χ4n) is 17.1. The molecule has 0 aromatic carbocycles. The van der Waals surface area contributed by atoms with Crippen LogP contribution in [0.1, 0.15) is 41.0 Å². The van der Waals surface area contributed by atoms with Crippen LogP contribution in [0.3, 0.4) is 0 Å². The molecule has 10 heterocycles. The quantitative estimate of drug-likeness (QED) is 0.0277. The third-order valence-corrected chi connectivity index (χ3v) is 23.8. The van der Waals surface area contributed by atoms with E-state index in [0.717, 1.165) is 34.6 Å². The standard InChI is InChI=1S/C73H121N5O54/c1-17(88)74-33-22(93)6-73(72(112)113,131-59(33)38(95)23(94)7-79)132-61-42(99)27(11-83)119-70(53(61)110)127-56-30(14-86)121-65(36(46(56)103)77-20(4)91)130-62-51(108)57(125-66-37(78-21(5)92)58(41(98)26(10-82)116-66)128-68-50(107)48(105)40(97)25(9-81)118-68)31(15-87)122-71(62)129-60-43(100)32(16-114-67-49(106)47(104)39(96)24(8-80)117-67)123-69(52(60)109)126-55-29(13-85)120-64(35(45(55)102)76-19(3)90)124-54-28(12-84)115-63(111)34(44(54)101)75-18(2)89/h22-71,79-87,93-111H,6-16H2,1-5H3,(H,74,88)(H,75,89)(H,76,90)(H,77,91)(H,78,92)(H,112,113)/t22-,23+,24+,25+,26+,27+,28+,29+,30+,31+,32+,33+,34+,35+,36+,37+,38+,39+,40-,41+,42-,43+,44+,45+,46+,47-,48-,49-,50+,51-,52-,53+,54+,55+,56+,57+,58+,59+,60-,61-,62-,63+,64-,65-,66-,67-,68-,69-,70-,71+,73-/m0/s1. The number of carbonyl (C=O) groups excluding carboxylic acids is 5. The van der Waals surface area contributed by atoms with Crippen LogP contribution in [-0.2, 0) is 119 Å². The Morgan fingerprint density at radius 3 is 1.08 bits per heavy atom. The largest absolute Gasteiger partial charge is 0.477 e. The average molecular weight is 1930 g/mol. The van der Waals surface area contributed by atoms with Gasteiger partial charge in [-0.25, -0.2) is 4.79 Å². The minimum atomic E-state index is -3.37. The number of aliphatic hydroxyl groups is 28. The first kappa shape index (κ1) is 109. The van der Waals surface area contributed by atoms with E-state index in [1.54, 1.807) is 0 Å². The molecule has 10 aliphatic heterocycles. The lowest BCUT2D eigenvalue weighted by Crippen LogP contribution is -2.72. The summed E-state index contributed by atoms with van der Waals surface area (Å²) in [6.45, 7) is -7.55. The molecule has 10 saturated heterocycles.